The first-order valence-electron chi connectivity index (χ1n) is 4.45. The van der Waals surface area contributed by atoms with Gasteiger partial charge in [0.25, 0.3) is 0 Å². The number of carbonyl (C=O) groups is 1. The van der Waals surface area contributed by atoms with E-state index in [1.54, 1.807) is 6.26 Å². The van der Waals surface area contributed by atoms with Crippen LogP contribution in [0.2, 0.25) is 0 Å². The molecule has 0 bridgehead atoms. The molecule has 0 amide bonds. The Balaban J connectivity index is 1.99. The molecule has 0 aliphatic rings. The zero-order valence-electron chi connectivity index (χ0n) is 7.79. The van der Waals surface area contributed by atoms with Crippen molar-refractivity contribution in [1.82, 2.24) is 0 Å². The van der Waals surface area contributed by atoms with E-state index in [1.165, 1.54) is 6.92 Å². The number of carbonyl (C=O) groups excluding carboxylic acids is 1. The van der Waals surface area contributed by atoms with Crippen LogP contribution in [-0.2, 0) is 16.0 Å². The third kappa shape index (κ3) is 4.35. The largest absolute Gasteiger partial charge is 0.469 e. The quantitative estimate of drug-likeness (QED) is 0.517. The van der Waals surface area contributed by atoms with Crippen LogP contribution >= 0.6 is 0 Å². The van der Waals surface area contributed by atoms with E-state index in [-0.39, 0.29) is 5.97 Å². The summed E-state index contributed by atoms with van der Waals surface area (Å²) < 4.78 is 9.95. The smallest absolute Gasteiger partial charge is 0.302 e. The fourth-order valence-corrected chi connectivity index (χ4v) is 1.07. The Morgan fingerprint density at radius 2 is 2.38 bits per heavy atom. The van der Waals surface area contributed by atoms with Crippen LogP contribution in [0.3, 0.4) is 0 Å². The van der Waals surface area contributed by atoms with Crippen LogP contribution in [-0.4, -0.2) is 12.6 Å². The lowest BCUT2D eigenvalue weighted by atomic mass is 10.2. The molecule has 0 atom stereocenters. The molecule has 0 aromatic carbocycles. The van der Waals surface area contributed by atoms with Crippen LogP contribution < -0.4 is 0 Å². The summed E-state index contributed by atoms with van der Waals surface area (Å²) in [5, 5.41) is 0. The van der Waals surface area contributed by atoms with E-state index >= 15 is 0 Å². The molecule has 72 valence electrons. The van der Waals surface area contributed by atoms with Gasteiger partial charge in [0.05, 0.1) is 12.9 Å². The molecule has 1 heterocycles. The van der Waals surface area contributed by atoms with Crippen LogP contribution in [0.15, 0.2) is 22.8 Å². The summed E-state index contributed by atoms with van der Waals surface area (Å²) >= 11 is 0. The Morgan fingerprint density at radius 1 is 1.54 bits per heavy atom. The minimum Gasteiger partial charge on any atom is -0.469 e. The first kappa shape index (κ1) is 9.84. The molecular formula is C10H14O3. The van der Waals surface area contributed by atoms with Gasteiger partial charge >= 0.3 is 5.97 Å². The van der Waals surface area contributed by atoms with Crippen molar-refractivity contribution in [2.24, 2.45) is 0 Å². The molecule has 0 fully saturated rings. The van der Waals surface area contributed by atoms with Crippen LogP contribution in [0, 0.1) is 0 Å². The third-order valence-corrected chi connectivity index (χ3v) is 1.70. The van der Waals surface area contributed by atoms with E-state index < -0.39 is 0 Å². The predicted octanol–water partition coefficient (Wildman–Crippen LogP) is 2.17. The second-order valence-corrected chi connectivity index (χ2v) is 2.88. The summed E-state index contributed by atoms with van der Waals surface area (Å²) in [6, 6.07) is 3.83. The first-order chi connectivity index (χ1) is 6.29. The van der Waals surface area contributed by atoms with E-state index in [0.717, 1.165) is 25.0 Å². The molecule has 0 N–H and O–H groups in total. The Kier molecular flexibility index (Phi) is 4.09. The highest BCUT2D eigenvalue weighted by Crippen LogP contribution is 2.05. The van der Waals surface area contributed by atoms with Crippen molar-refractivity contribution in [3.63, 3.8) is 0 Å². The van der Waals surface area contributed by atoms with Crippen LogP contribution in [0.4, 0.5) is 0 Å². The van der Waals surface area contributed by atoms with Gasteiger partial charge in [0, 0.05) is 13.3 Å². The molecule has 3 heteroatoms. The monoisotopic (exact) mass is 182 g/mol. The van der Waals surface area contributed by atoms with Gasteiger partial charge in [-0.25, -0.2) is 0 Å². The van der Waals surface area contributed by atoms with E-state index in [9.17, 15) is 4.79 Å². The van der Waals surface area contributed by atoms with E-state index in [1.807, 2.05) is 12.1 Å². The minimum atomic E-state index is -0.210. The Labute approximate surface area is 77.7 Å². The van der Waals surface area contributed by atoms with Crippen LogP contribution in [0.5, 0.6) is 0 Å². The number of furan rings is 1. The number of esters is 1. The van der Waals surface area contributed by atoms with E-state index in [4.69, 9.17) is 9.15 Å². The van der Waals surface area contributed by atoms with Crippen molar-refractivity contribution in [3.05, 3.63) is 24.2 Å². The topological polar surface area (TPSA) is 39.4 Å². The molecule has 0 spiro atoms. The second-order valence-electron chi connectivity index (χ2n) is 2.88. The molecule has 3 nitrogen and oxygen atoms in total. The van der Waals surface area contributed by atoms with Crippen molar-refractivity contribution < 1.29 is 13.9 Å². The average Bonchev–Trinajstić information content (AvgIpc) is 2.55. The Bertz CT molecular complexity index is 239. The molecule has 0 radical (unpaired) electrons. The van der Waals surface area contributed by atoms with E-state index in [2.05, 4.69) is 0 Å². The van der Waals surface area contributed by atoms with E-state index in [0.29, 0.717) is 6.61 Å². The second kappa shape index (κ2) is 5.41. The highest BCUT2D eigenvalue weighted by molar-refractivity contribution is 5.65. The van der Waals surface area contributed by atoms with Gasteiger partial charge < -0.3 is 9.15 Å². The number of aryl methyl sites for hydroxylation is 1. The zero-order chi connectivity index (χ0) is 9.52. The van der Waals surface area contributed by atoms with Crippen molar-refractivity contribution in [2.75, 3.05) is 6.61 Å². The normalized spacial score (nSPS) is 9.92. The van der Waals surface area contributed by atoms with Crippen molar-refractivity contribution >= 4 is 5.97 Å². The molecule has 0 aliphatic heterocycles. The van der Waals surface area contributed by atoms with Crippen LogP contribution in [0.25, 0.3) is 0 Å². The number of unbranched alkanes of at least 4 members (excludes halogenated alkanes) is 1. The molecule has 0 saturated heterocycles. The van der Waals surface area contributed by atoms with Gasteiger partial charge in [0.2, 0.25) is 0 Å². The van der Waals surface area contributed by atoms with Crippen molar-refractivity contribution in [1.29, 1.82) is 0 Å². The summed E-state index contributed by atoms with van der Waals surface area (Å²) in [7, 11) is 0. The van der Waals surface area contributed by atoms with Gasteiger partial charge in [-0.05, 0) is 25.0 Å². The summed E-state index contributed by atoms with van der Waals surface area (Å²) in [6.45, 7) is 1.93. The minimum absolute atomic E-state index is 0.210. The molecule has 13 heavy (non-hydrogen) atoms. The molecular weight excluding hydrogens is 168 g/mol. The number of hydrogen-bond acceptors (Lipinski definition) is 3. The zero-order valence-corrected chi connectivity index (χ0v) is 7.79. The third-order valence-electron chi connectivity index (χ3n) is 1.70. The SMILES string of the molecule is CC(=O)OCCCCc1ccco1. The van der Waals surface area contributed by atoms with Gasteiger partial charge in [-0.1, -0.05) is 0 Å². The maximum Gasteiger partial charge on any atom is 0.302 e. The van der Waals surface area contributed by atoms with Gasteiger partial charge in [0.1, 0.15) is 5.76 Å². The first-order valence-corrected chi connectivity index (χ1v) is 4.45. The van der Waals surface area contributed by atoms with Gasteiger partial charge in [-0.15, -0.1) is 0 Å². The van der Waals surface area contributed by atoms with Crippen molar-refractivity contribution in [3.8, 4) is 0 Å². The van der Waals surface area contributed by atoms with Gasteiger partial charge in [-0.3, -0.25) is 4.79 Å². The molecule has 1 aromatic heterocycles. The fraction of sp³-hybridized carbons (Fsp3) is 0.500. The van der Waals surface area contributed by atoms with Crippen LogP contribution in [0.1, 0.15) is 25.5 Å². The standard InChI is InChI=1S/C10H14O3/c1-9(11)12-7-3-2-5-10-6-4-8-13-10/h4,6,8H,2-3,5,7H2,1H3. The molecule has 0 unspecified atom stereocenters. The number of rotatable bonds is 5. The molecule has 1 rings (SSSR count). The predicted molar refractivity (Wildman–Crippen MR) is 48.3 cm³/mol. The summed E-state index contributed by atoms with van der Waals surface area (Å²) in [5.74, 6) is 0.779. The maximum atomic E-state index is 10.4. The maximum absolute atomic E-state index is 10.4. The summed E-state index contributed by atoms with van der Waals surface area (Å²) in [5.41, 5.74) is 0. The molecule has 1 aromatic rings. The van der Waals surface area contributed by atoms with Gasteiger partial charge in [-0.2, -0.15) is 0 Å². The highest BCUT2D eigenvalue weighted by Gasteiger charge is 1.96. The Hall–Kier alpha value is -1.25. The average molecular weight is 182 g/mol. The fourth-order valence-electron chi connectivity index (χ4n) is 1.07. The molecule has 0 aliphatic carbocycles. The summed E-state index contributed by atoms with van der Waals surface area (Å²) in [4.78, 5) is 10.4. The van der Waals surface area contributed by atoms with Gasteiger partial charge in [0.15, 0.2) is 0 Å². The number of hydrogen-bond donors (Lipinski definition) is 0. The number of ether oxygens (including phenoxy) is 1. The Morgan fingerprint density at radius 3 is 3.00 bits per heavy atom. The lowest BCUT2D eigenvalue weighted by molar-refractivity contribution is -0.141. The lowest BCUT2D eigenvalue weighted by Crippen LogP contribution is -2.00. The molecule has 0 saturated carbocycles. The highest BCUT2D eigenvalue weighted by atomic mass is 16.5. The lowest BCUT2D eigenvalue weighted by Gasteiger charge is -1.99. The summed E-state index contributed by atoms with van der Waals surface area (Å²) in [6.07, 6.45) is 4.46. The van der Waals surface area contributed by atoms with Crippen molar-refractivity contribution in [2.45, 2.75) is 26.2 Å².